The molecule has 6 N–H and O–H groups in total. The van der Waals surface area contributed by atoms with E-state index in [2.05, 4.69) is 44.7 Å². The average molecular weight is 327 g/mol. The van der Waals surface area contributed by atoms with Crippen LogP contribution in [-0.4, -0.2) is 11.9 Å². The van der Waals surface area contributed by atoms with Gasteiger partial charge in [-0.05, 0) is 22.7 Å². The van der Waals surface area contributed by atoms with Crippen LogP contribution >= 0.6 is 32.3 Å². The molecule has 0 aromatic rings. The summed E-state index contributed by atoms with van der Waals surface area (Å²) in [6, 6.07) is 0. The zero-order valence-electron chi connectivity index (χ0n) is 11.2. The molecule has 0 aromatic heterocycles. The summed E-state index contributed by atoms with van der Waals surface area (Å²) in [7, 11) is 3.21. The molecule has 1 aliphatic rings. The minimum Gasteiger partial charge on any atom is -0.243 e. The van der Waals surface area contributed by atoms with E-state index in [0.29, 0.717) is 5.37 Å². The summed E-state index contributed by atoms with van der Waals surface area (Å²) < 4.78 is 0. The first-order valence-electron chi connectivity index (χ1n) is 6.89. The molecule has 1 atom stereocenters. The highest BCUT2D eigenvalue weighted by molar-refractivity contribution is 9.05. The van der Waals surface area contributed by atoms with Gasteiger partial charge in [-0.15, -0.1) is 0 Å². The van der Waals surface area contributed by atoms with E-state index in [-0.39, 0.29) is 0 Å². The standard InChI is InChI=1S/C10H26N6S3/c17-19-18-10-8-6-4-2-1-3-5-7-9-11-13-15-16-14-12-10/h10-17H,1-9H2. The molecule has 19 heavy (non-hydrogen) atoms. The molecule has 1 saturated heterocycles. The Morgan fingerprint density at radius 2 is 1.47 bits per heavy atom. The Morgan fingerprint density at radius 3 is 2.26 bits per heavy atom. The summed E-state index contributed by atoms with van der Waals surface area (Å²) in [4.78, 5) is 0. The summed E-state index contributed by atoms with van der Waals surface area (Å²) >= 11 is 4.19. The Hall–Kier alpha value is 0.810. The van der Waals surface area contributed by atoms with Gasteiger partial charge in [-0.3, -0.25) is 0 Å². The molecule has 9 heteroatoms. The summed E-state index contributed by atoms with van der Waals surface area (Å²) in [5.41, 5.74) is 17.7. The van der Waals surface area contributed by atoms with Gasteiger partial charge < -0.3 is 0 Å². The molecule has 114 valence electrons. The molecule has 0 aromatic carbocycles. The fourth-order valence-corrected chi connectivity index (χ4v) is 4.06. The van der Waals surface area contributed by atoms with Crippen LogP contribution in [0.4, 0.5) is 0 Å². The Morgan fingerprint density at radius 1 is 0.789 bits per heavy atom. The largest absolute Gasteiger partial charge is 0.243 e. The van der Waals surface area contributed by atoms with Crippen molar-refractivity contribution in [3.05, 3.63) is 0 Å². The molecule has 0 amide bonds. The van der Waals surface area contributed by atoms with Crippen LogP contribution in [0.1, 0.15) is 51.4 Å². The van der Waals surface area contributed by atoms with Gasteiger partial charge in [-0.2, -0.15) is 22.1 Å². The maximum atomic E-state index is 4.19. The number of hydrazine groups is 5. The number of hydrogen-bond donors (Lipinski definition) is 7. The zero-order chi connectivity index (χ0) is 13.6. The minimum atomic E-state index is 0.345. The maximum absolute atomic E-state index is 4.19. The molecular formula is C10H26N6S3. The molecular weight excluding hydrogens is 300 g/mol. The molecule has 0 saturated carbocycles. The average Bonchev–Trinajstić information content (AvgIpc) is 2.41. The molecule has 1 heterocycles. The fraction of sp³-hybridized carbons (Fsp3) is 1.00. The number of hydrogen-bond acceptors (Lipinski definition) is 9. The van der Waals surface area contributed by atoms with E-state index in [9.17, 15) is 0 Å². The van der Waals surface area contributed by atoms with Crippen molar-refractivity contribution in [1.82, 2.24) is 33.0 Å². The van der Waals surface area contributed by atoms with Crippen LogP contribution in [-0.2, 0) is 0 Å². The van der Waals surface area contributed by atoms with Crippen molar-refractivity contribution in [1.29, 1.82) is 0 Å². The first-order valence-corrected chi connectivity index (χ1v) is 10.2. The predicted octanol–water partition coefficient (Wildman–Crippen LogP) is 1.79. The third-order valence-electron chi connectivity index (χ3n) is 2.94. The second kappa shape index (κ2) is 13.8. The van der Waals surface area contributed by atoms with Gasteiger partial charge >= 0.3 is 0 Å². The normalized spacial score (nSPS) is 26.1. The van der Waals surface area contributed by atoms with E-state index in [1.54, 1.807) is 10.8 Å². The second-order valence-corrected chi connectivity index (χ2v) is 7.77. The Balaban J connectivity index is 2.19. The van der Waals surface area contributed by atoms with Crippen molar-refractivity contribution in [2.24, 2.45) is 0 Å². The lowest BCUT2D eigenvalue weighted by atomic mass is 10.1. The zero-order valence-corrected chi connectivity index (χ0v) is 13.7. The molecule has 1 aliphatic heterocycles. The lowest BCUT2D eigenvalue weighted by molar-refractivity contribution is 0.286. The quantitative estimate of drug-likeness (QED) is 0.306. The van der Waals surface area contributed by atoms with E-state index in [1.165, 1.54) is 54.8 Å². The van der Waals surface area contributed by atoms with Gasteiger partial charge in [0.25, 0.3) is 0 Å². The van der Waals surface area contributed by atoms with E-state index in [4.69, 9.17) is 0 Å². The highest BCUT2D eigenvalue weighted by Gasteiger charge is 2.07. The van der Waals surface area contributed by atoms with Gasteiger partial charge in [-0.25, -0.2) is 10.9 Å². The van der Waals surface area contributed by atoms with Gasteiger partial charge in [0.1, 0.15) is 0 Å². The topological polar surface area (TPSA) is 72.2 Å². The first-order chi connectivity index (χ1) is 9.43. The van der Waals surface area contributed by atoms with Crippen molar-refractivity contribution in [2.75, 3.05) is 6.54 Å². The fourth-order valence-electron chi connectivity index (χ4n) is 1.91. The second-order valence-electron chi connectivity index (χ2n) is 4.49. The molecule has 0 aliphatic carbocycles. The molecule has 0 radical (unpaired) electrons. The van der Waals surface area contributed by atoms with Crippen molar-refractivity contribution in [3.8, 4) is 0 Å². The molecule has 0 bridgehead atoms. The van der Waals surface area contributed by atoms with Crippen molar-refractivity contribution < 1.29 is 0 Å². The van der Waals surface area contributed by atoms with Gasteiger partial charge in [0.15, 0.2) is 0 Å². The summed E-state index contributed by atoms with van der Waals surface area (Å²) in [6.45, 7) is 0.969. The number of rotatable bonds is 2. The van der Waals surface area contributed by atoms with Crippen LogP contribution in [0.3, 0.4) is 0 Å². The van der Waals surface area contributed by atoms with Crippen LogP contribution < -0.4 is 33.0 Å². The van der Waals surface area contributed by atoms with Crippen molar-refractivity contribution in [2.45, 2.75) is 56.7 Å². The molecule has 1 fully saturated rings. The first kappa shape index (κ1) is 17.9. The molecule has 1 unspecified atom stereocenters. The lowest BCUT2D eigenvalue weighted by Gasteiger charge is -2.18. The van der Waals surface area contributed by atoms with E-state index >= 15 is 0 Å². The smallest absolute Gasteiger partial charge is 0.0790 e. The minimum absolute atomic E-state index is 0.345. The van der Waals surface area contributed by atoms with E-state index in [1.807, 2.05) is 0 Å². The monoisotopic (exact) mass is 326 g/mol. The van der Waals surface area contributed by atoms with Crippen LogP contribution in [0.2, 0.25) is 0 Å². The summed E-state index contributed by atoms with van der Waals surface area (Å²) in [6.07, 6.45) is 10.3. The Kier molecular flexibility index (Phi) is 13.0. The summed E-state index contributed by atoms with van der Waals surface area (Å²) in [5.74, 6) is 0. The number of nitrogens with one attached hydrogen (secondary N) is 6. The highest BCUT2D eigenvalue weighted by atomic mass is 33.5. The Bertz CT molecular complexity index is 184. The predicted molar refractivity (Wildman–Crippen MR) is 88.6 cm³/mol. The van der Waals surface area contributed by atoms with Gasteiger partial charge in [0.05, 0.1) is 5.37 Å². The maximum Gasteiger partial charge on any atom is 0.0790 e. The van der Waals surface area contributed by atoms with Crippen LogP contribution in [0.5, 0.6) is 0 Å². The third-order valence-corrected chi connectivity index (χ3v) is 5.34. The van der Waals surface area contributed by atoms with E-state index in [0.717, 1.165) is 13.0 Å². The molecule has 6 nitrogen and oxygen atoms in total. The van der Waals surface area contributed by atoms with Crippen LogP contribution in [0.25, 0.3) is 0 Å². The van der Waals surface area contributed by atoms with E-state index < -0.39 is 0 Å². The highest BCUT2D eigenvalue weighted by Crippen LogP contribution is 2.30. The van der Waals surface area contributed by atoms with Gasteiger partial charge in [0.2, 0.25) is 0 Å². The molecule has 0 spiro atoms. The SMILES string of the molecule is SSSC1CCCCCCCCCNNNNNN1. The van der Waals surface area contributed by atoms with Crippen molar-refractivity contribution >= 4 is 32.3 Å². The lowest BCUT2D eigenvalue weighted by Crippen LogP contribution is -2.60. The van der Waals surface area contributed by atoms with Crippen LogP contribution in [0.15, 0.2) is 0 Å². The van der Waals surface area contributed by atoms with Gasteiger partial charge in [0, 0.05) is 6.54 Å². The molecule has 1 rings (SSSR count). The summed E-state index contributed by atoms with van der Waals surface area (Å²) in [5, 5.41) is 0.345. The Labute approximate surface area is 128 Å². The third kappa shape index (κ3) is 11.2. The van der Waals surface area contributed by atoms with Gasteiger partial charge in [-0.1, -0.05) is 61.0 Å². The number of thiol groups is 1. The van der Waals surface area contributed by atoms with Crippen molar-refractivity contribution in [3.63, 3.8) is 0 Å². The van der Waals surface area contributed by atoms with Crippen LogP contribution in [0, 0.1) is 0 Å².